The average molecular weight is 401 g/mol. The van der Waals surface area contributed by atoms with Gasteiger partial charge in [0.05, 0.1) is 13.7 Å². The number of amides is 3. The van der Waals surface area contributed by atoms with E-state index in [9.17, 15) is 24.3 Å². The van der Waals surface area contributed by atoms with E-state index in [0.29, 0.717) is 12.0 Å². The van der Waals surface area contributed by atoms with Crippen molar-refractivity contribution in [1.29, 1.82) is 0 Å². The average Bonchev–Trinajstić information content (AvgIpc) is 2.60. The van der Waals surface area contributed by atoms with Crippen molar-refractivity contribution in [2.75, 3.05) is 13.7 Å². The molecule has 0 heterocycles. The highest BCUT2D eigenvalue weighted by molar-refractivity contribution is 6.01. The Labute approximate surface area is 165 Å². The van der Waals surface area contributed by atoms with Crippen LogP contribution in [-0.2, 0) is 23.9 Å². The fourth-order valence-corrected chi connectivity index (χ4v) is 1.87. The summed E-state index contributed by atoms with van der Waals surface area (Å²) in [6.45, 7) is 9.24. The second-order valence-electron chi connectivity index (χ2n) is 7.10. The molecule has 0 spiro atoms. The first-order valence-electron chi connectivity index (χ1n) is 8.85. The zero-order valence-electron chi connectivity index (χ0n) is 17.5. The SMILES string of the molecule is CC/C(C)=C(/NC(=O)[C@H](C)NC(=O)OC(C)(C)C)C(=O)N[C@@H](CO)C(=O)OC. The first kappa shape index (κ1) is 25.4. The molecule has 0 unspecified atom stereocenters. The molecule has 0 fully saturated rings. The number of allylic oxidation sites excluding steroid dienone is 1. The summed E-state index contributed by atoms with van der Waals surface area (Å²) in [5.41, 5.74) is -0.262. The fraction of sp³-hybridized carbons (Fsp3) is 0.667. The summed E-state index contributed by atoms with van der Waals surface area (Å²) in [6, 6.07) is -2.26. The minimum atomic E-state index is -1.27. The molecule has 0 aromatic heterocycles. The number of ether oxygens (including phenoxy) is 2. The Hall–Kier alpha value is -2.62. The Kier molecular flexibility index (Phi) is 10.2. The predicted molar refractivity (Wildman–Crippen MR) is 101 cm³/mol. The molecular weight excluding hydrogens is 370 g/mol. The summed E-state index contributed by atoms with van der Waals surface area (Å²) in [4.78, 5) is 48.2. The monoisotopic (exact) mass is 401 g/mol. The maximum absolute atomic E-state index is 12.5. The predicted octanol–water partition coefficient (Wildman–Crippen LogP) is 0.350. The van der Waals surface area contributed by atoms with Crippen LogP contribution in [0.4, 0.5) is 4.79 Å². The number of rotatable bonds is 8. The number of methoxy groups -OCH3 is 1. The van der Waals surface area contributed by atoms with Crippen LogP contribution < -0.4 is 16.0 Å². The van der Waals surface area contributed by atoms with Gasteiger partial charge in [0.2, 0.25) is 5.91 Å². The number of carbonyl (C=O) groups is 4. The Morgan fingerprint density at radius 3 is 2.11 bits per heavy atom. The van der Waals surface area contributed by atoms with E-state index in [4.69, 9.17) is 4.74 Å². The Morgan fingerprint density at radius 1 is 1.11 bits per heavy atom. The van der Waals surface area contributed by atoms with Crippen LogP contribution in [0.25, 0.3) is 0 Å². The lowest BCUT2D eigenvalue weighted by molar-refractivity contribution is -0.145. The van der Waals surface area contributed by atoms with Crippen LogP contribution in [0.1, 0.15) is 48.0 Å². The van der Waals surface area contributed by atoms with Gasteiger partial charge in [0.1, 0.15) is 17.3 Å². The molecule has 0 aliphatic heterocycles. The molecule has 0 aromatic carbocycles. The van der Waals surface area contributed by atoms with Crippen molar-refractivity contribution in [3.8, 4) is 0 Å². The number of carbonyl (C=O) groups excluding carboxylic acids is 4. The summed E-state index contributed by atoms with van der Waals surface area (Å²) >= 11 is 0. The van der Waals surface area contributed by atoms with Crippen molar-refractivity contribution < 1.29 is 33.8 Å². The van der Waals surface area contributed by atoms with Gasteiger partial charge in [-0.05, 0) is 46.6 Å². The number of alkyl carbamates (subject to hydrolysis) is 1. The summed E-state index contributed by atoms with van der Waals surface area (Å²) in [6.07, 6.45) is -0.331. The lowest BCUT2D eigenvalue weighted by Crippen LogP contribution is -2.50. The fourth-order valence-electron chi connectivity index (χ4n) is 1.87. The van der Waals surface area contributed by atoms with E-state index < -0.39 is 48.2 Å². The van der Waals surface area contributed by atoms with Crippen molar-refractivity contribution in [3.63, 3.8) is 0 Å². The lowest BCUT2D eigenvalue weighted by atomic mass is 10.1. The number of esters is 1. The zero-order valence-corrected chi connectivity index (χ0v) is 17.5. The van der Waals surface area contributed by atoms with Gasteiger partial charge in [-0.3, -0.25) is 9.59 Å². The Bertz CT molecular complexity index is 623. The smallest absolute Gasteiger partial charge is 0.408 e. The molecule has 0 aliphatic carbocycles. The second-order valence-corrected chi connectivity index (χ2v) is 7.10. The second kappa shape index (κ2) is 11.3. The molecule has 4 N–H and O–H groups in total. The highest BCUT2D eigenvalue weighted by atomic mass is 16.6. The third-order valence-corrected chi connectivity index (χ3v) is 3.53. The topological polar surface area (TPSA) is 143 Å². The summed E-state index contributed by atoms with van der Waals surface area (Å²) in [5.74, 6) is -2.24. The lowest BCUT2D eigenvalue weighted by Gasteiger charge is -2.22. The molecule has 2 atom stereocenters. The number of hydrogen-bond donors (Lipinski definition) is 4. The first-order valence-corrected chi connectivity index (χ1v) is 8.85. The number of aliphatic hydroxyl groups excluding tert-OH is 1. The molecule has 0 saturated carbocycles. The molecule has 0 bridgehead atoms. The van der Waals surface area contributed by atoms with Crippen LogP contribution in [0.3, 0.4) is 0 Å². The third-order valence-electron chi connectivity index (χ3n) is 3.53. The van der Waals surface area contributed by atoms with Gasteiger partial charge in [0.15, 0.2) is 6.04 Å². The molecule has 10 heteroatoms. The van der Waals surface area contributed by atoms with E-state index in [-0.39, 0.29) is 5.70 Å². The van der Waals surface area contributed by atoms with Crippen LogP contribution in [-0.4, -0.2) is 60.4 Å². The quantitative estimate of drug-likeness (QED) is 0.339. The number of aliphatic hydroxyl groups is 1. The maximum Gasteiger partial charge on any atom is 0.408 e. The first-order chi connectivity index (χ1) is 12.9. The molecule has 28 heavy (non-hydrogen) atoms. The molecule has 160 valence electrons. The standard InChI is InChI=1S/C18H31N3O7/c1-8-10(2)13(15(24)20-12(9-22)16(25)27-7)21-14(23)11(3)19-17(26)28-18(4,5)6/h11-12,22H,8-9H2,1-7H3,(H,19,26)(H,20,24)(H,21,23)/b13-10+/t11-,12-/m0/s1. The largest absolute Gasteiger partial charge is 0.467 e. The normalized spacial score (nSPS) is 14.1. The Morgan fingerprint density at radius 2 is 1.68 bits per heavy atom. The van der Waals surface area contributed by atoms with Crippen molar-refractivity contribution in [2.24, 2.45) is 0 Å². The summed E-state index contributed by atoms with van der Waals surface area (Å²) < 4.78 is 9.58. The van der Waals surface area contributed by atoms with Crippen molar-refractivity contribution in [3.05, 3.63) is 11.3 Å². The van der Waals surface area contributed by atoms with Gasteiger partial charge >= 0.3 is 12.1 Å². The van der Waals surface area contributed by atoms with Crippen LogP contribution in [0.5, 0.6) is 0 Å². The van der Waals surface area contributed by atoms with E-state index in [1.165, 1.54) is 6.92 Å². The molecule has 0 aromatic rings. The van der Waals surface area contributed by atoms with Crippen LogP contribution in [0.15, 0.2) is 11.3 Å². The van der Waals surface area contributed by atoms with E-state index in [2.05, 4.69) is 20.7 Å². The molecule has 3 amide bonds. The minimum Gasteiger partial charge on any atom is -0.467 e. The summed E-state index contributed by atoms with van der Waals surface area (Å²) in [5, 5.41) is 16.4. The minimum absolute atomic E-state index is 0.0762. The highest BCUT2D eigenvalue weighted by Gasteiger charge is 2.26. The molecular formula is C18H31N3O7. The van der Waals surface area contributed by atoms with E-state index in [1.807, 2.05) is 0 Å². The van der Waals surface area contributed by atoms with Gasteiger partial charge < -0.3 is 30.5 Å². The third kappa shape index (κ3) is 8.85. The van der Waals surface area contributed by atoms with Gasteiger partial charge in [-0.25, -0.2) is 9.59 Å². The van der Waals surface area contributed by atoms with Crippen molar-refractivity contribution in [2.45, 2.75) is 65.6 Å². The van der Waals surface area contributed by atoms with Crippen LogP contribution in [0.2, 0.25) is 0 Å². The maximum atomic E-state index is 12.5. The summed E-state index contributed by atoms with van der Waals surface area (Å²) in [7, 11) is 1.12. The van der Waals surface area contributed by atoms with Crippen LogP contribution in [0, 0.1) is 0 Å². The zero-order chi connectivity index (χ0) is 22.1. The van der Waals surface area contributed by atoms with Gasteiger partial charge in [-0.1, -0.05) is 6.92 Å². The molecule has 0 saturated heterocycles. The van der Waals surface area contributed by atoms with Gasteiger partial charge in [0, 0.05) is 0 Å². The molecule has 0 radical (unpaired) electrons. The number of hydrogen-bond acceptors (Lipinski definition) is 7. The molecule has 10 nitrogen and oxygen atoms in total. The van der Waals surface area contributed by atoms with E-state index >= 15 is 0 Å². The van der Waals surface area contributed by atoms with E-state index in [1.54, 1.807) is 34.6 Å². The van der Waals surface area contributed by atoms with Gasteiger partial charge in [-0.15, -0.1) is 0 Å². The molecule has 0 aliphatic rings. The van der Waals surface area contributed by atoms with E-state index in [0.717, 1.165) is 7.11 Å². The van der Waals surface area contributed by atoms with Crippen LogP contribution >= 0.6 is 0 Å². The van der Waals surface area contributed by atoms with Crippen molar-refractivity contribution in [1.82, 2.24) is 16.0 Å². The highest BCUT2D eigenvalue weighted by Crippen LogP contribution is 2.08. The van der Waals surface area contributed by atoms with Gasteiger partial charge in [-0.2, -0.15) is 0 Å². The van der Waals surface area contributed by atoms with Crippen molar-refractivity contribution >= 4 is 23.9 Å². The Balaban J connectivity index is 5.20. The molecule has 0 rings (SSSR count). The number of nitrogens with one attached hydrogen (secondary N) is 3. The van der Waals surface area contributed by atoms with Gasteiger partial charge in [0.25, 0.3) is 5.91 Å².